The van der Waals surface area contributed by atoms with Crippen molar-refractivity contribution in [2.75, 3.05) is 19.0 Å². The minimum atomic E-state index is -0.730. The van der Waals surface area contributed by atoms with E-state index in [1.54, 1.807) is 30.1 Å². The van der Waals surface area contributed by atoms with Crippen molar-refractivity contribution in [2.24, 2.45) is 11.7 Å². The summed E-state index contributed by atoms with van der Waals surface area (Å²) < 4.78 is 19.4. The highest BCUT2D eigenvalue weighted by molar-refractivity contribution is 5.75. The summed E-state index contributed by atoms with van der Waals surface area (Å²) >= 11 is 0. The molecule has 1 saturated heterocycles. The van der Waals surface area contributed by atoms with E-state index in [2.05, 4.69) is 20.5 Å². The molecule has 33 heavy (non-hydrogen) atoms. The van der Waals surface area contributed by atoms with E-state index in [0.717, 1.165) is 11.2 Å². The molecule has 3 atom stereocenters. The molecule has 4 N–H and O–H groups in total. The summed E-state index contributed by atoms with van der Waals surface area (Å²) in [5.74, 6) is 0.510. The number of anilines is 2. The third-order valence-corrected chi connectivity index (χ3v) is 5.40. The monoisotopic (exact) mass is 459 g/mol. The Morgan fingerprint density at radius 2 is 2.21 bits per heavy atom. The van der Waals surface area contributed by atoms with Crippen LogP contribution in [0.25, 0.3) is 5.52 Å². The van der Waals surface area contributed by atoms with Gasteiger partial charge in [0, 0.05) is 32.0 Å². The van der Waals surface area contributed by atoms with Crippen molar-refractivity contribution in [2.45, 2.75) is 51.9 Å². The molecule has 0 aliphatic carbocycles. The first-order valence-corrected chi connectivity index (χ1v) is 10.7. The number of hydrogen-bond acceptors (Lipinski definition) is 10. The third kappa shape index (κ3) is 5.14. The van der Waals surface area contributed by atoms with E-state index in [1.807, 2.05) is 19.9 Å². The van der Waals surface area contributed by atoms with Crippen LogP contribution in [0.15, 0.2) is 24.5 Å². The second-order valence-electron chi connectivity index (χ2n) is 8.33. The number of aromatic nitrogens is 5. The van der Waals surface area contributed by atoms with Gasteiger partial charge in [-0.2, -0.15) is 10.2 Å². The second kappa shape index (κ2) is 9.83. The molecule has 0 bridgehead atoms. The zero-order valence-corrected chi connectivity index (χ0v) is 18.8. The number of nitrogens with zero attached hydrogens (tertiary/aromatic N) is 5. The van der Waals surface area contributed by atoms with Gasteiger partial charge in [-0.1, -0.05) is 13.8 Å². The molecule has 4 rings (SSSR count). The standard InChI is InChI=1S/C21H29N7O5/c1-12(2)19(22)21(30)33-11-28-18(8-15(26-28)17-7-14(29)10-32-17)24-20-16-6-13(9-31-3)25-27(16)5-4-23-20/h4-6,8,12,14,17,19,29H,7,9-11,22H2,1-3H3,(H,23,24)/t14-,17-,19+/m1/s1. The SMILES string of the molecule is COCc1cc2c(Nc3cc([C@H]4C[C@@H](O)CO4)nn3COC(=O)[C@@H](N)C(C)C)nccn2n1. The van der Waals surface area contributed by atoms with Gasteiger partial charge in [0.15, 0.2) is 12.5 Å². The number of aliphatic hydroxyl groups excluding tert-OH is 1. The lowest BCUT2D eigenvalue weighted by Crippen LogP contribution is -2.37. The average Bonchev–Trinajstić information content (AvgIpc) is 3.50. The Morgan fingerprint density at radius 1 is 1.39 bits per heavy atom. The summed E-state index contributed by atoms with van der Waals surface area (Å²) in [5, 5.41) is 22.1. The summed E-state index contributed by atoms with van der Waals surface area (Å²) in [7, 11) is 1.61. The van der Waals surface area contributed by atoms with Crippen molar-refractivity contribution < 1.29 is 24.1 Å². The molecule has 1 aliphatic heterocycles. The van der Waals surface area contributed by atoms with Crippen LogP contribution in [0, 0.1) is 5.92 Å². The molecule has 1 aliphatic rings. The number of nitrogens with two attached hydrogens (primary N) is 1. The van der Waals surface area contributed by atoms with Crippen molar-refractivity contribution in [1.29, 1.82) is 0 Å². The molecule has 0 aromatic carbocycles. The maximum Gasteiger partial charge on any atom is 0.324 e. The highest BCUT2D eigenvalue weighted by Gasteiger charge is 2.28. The lowest BCUT2D eigenvalue weighted by atomic mass is 10.1. The van der Waals surface area contributed by atoms with E-state index < -0.39 is 18.1 Å². The molecule has 0 spiro atoms. The number of hydrogen-bond donors (Lipinski definition) is 3. The Hall–Kier alpha value is -3.06. The molecule has 1 fully saturated rings. The summed E-state index contributed by atoms with van der Waals surface area (Å²) in [5.41, 5.74) is 8.01. The zero-order chi connectivity index (χ0) is 23.5. The van der Waals surface area contributed by atoms with E-state index in [9.17, 15) is 9.90 Å². The van der Waals surface area contributed by atoms with Gasteiger partial charge in [0.1, 0.15) is 23.5 Å². The molecule has 178 valence electrons. The molecule has 12 nitrogen and oxygen atoms in total. The average molecular weight is 460 g/mol. The van der Waals surface area contributed by atoms with Gasteiger partial charge in [-0.05, 0) is 12.0 Å². The quantitative estimate of drug-likeness (QED) is 0.397. The maximum absolute atomic E-state index is 12.3. The van der Waals surface area contributed by atoms with Gasteiger partial charge in [-0.3, -0.25) is 4.79 Å². The van der Waals surface area contributed by atoms with Gasteiger partial charge < -0.3 is 30.4 Å². The van der Waals surface area contributed by atoms with Gasteiger partial charge in [0.05, 0.1) is 30.7 Å². The first-order valence-electron chi connectivity index (χ1n) is 10.7. The summed E-state index contributed by atoms with van der Waals surface area (Å²) in [6, 6.07) is 2.93. The van der Waals surface area contributed by atoms with Crippen molar-refractivity contribution in [3.63, 3.8) is 0 Å². The highest BCUT2D eigenvalue weighted by Crippen LogP contribution is 2.31. The number of fused-ring (bicyclic) bond motifs is 1. The fourth-order valence-electron chi connectivity index (χ4n) is 3.51. The smallest absolute Gasteiger partial charge is 0.324 e. The number of carbonyl (C=O) groups is 1. The summed E-state index contributed by atoms with van der Waals surface area (Å²) in [6.07, 6.45) is 2.90. The number of aliphatic hydroxyl groups is 1. The van der Waals surface area contributed by atoms with Crippen LogP contribution in [0.1, 0.15) is 37.8 Å². The molecule has 0 saturated carbocycles. The van der Waals surface area contributed by atoms with Crippen LogP contribution in [0.2, 0.25) is 0 Å². The predicted molar refractivity (Wildman–Crippen MR) is 117 cm³/mol. The minimum absolute atomic E-state index is 0.0541. The molecule has 0 amide bonds. The van der Waals surface area contributed by atoms with Gasteiger partial charge in [-0.25, -0.2) is 14.2 Å². The van der Waals surface area contributed by atoms with E-state index in [-0.39, 0.29) is 25.4 Å². The van der Waals surface area contributed by atoms with E-state index >= 15 is 0 Å². The highest BCUT2D eigenvalue weighted by atomic mass is 16.5. The predicted octanol–water partition coefficient (Wildman–Crippen LogP) is 1.12. The lowest BCUT2D eigenvalue weighted by molar-refractivity contribution is -0.150. The Morgan fingerprint density at radius 3 is 2.91 bits per heavy atom. The number of methoxy groups -OCH3 is 1. The molecule has 0 radical (unpaired) electrons. The third-order valence-electron chi connectivity index (χ3n) is 5.40. The largest absolute Gasteiger partial charge is 0.441 e. The topological polar surface area (TPSA) is 151 Å². The zero-order valence-electron chi connectivity index (χ0n) is 18.8. The number of carbonyl (C=O) groups excluding carboxylic acids is 1. The van der Waals surface area contributed by atoms with Crippen molar-refractivity contribution >= 4 is 23.1 Å². The number of rotatable bonds is 9. The van der Waals surface area contributed by atoms with Crippen LogP contribution < -0.4 is 11.1 Å². The summed E-state index contributed by atoms with van der Waals surface area (Å²) in [6.45, 7) is 4.18. The van der Waals surface area contributed by atoms with Crippen LogP contribution in [0.3, 0.4) is 0 Å². The van der Waals surface area contributed by atoms with E-state index in [0.29, 0.717) is 30.4 Å². The first kappa shape index (κ1) is 23.1. The lowest BCUT2D eigenvalue weighted by Gasteiger charge is -2.15. The minimum Gasteiger partial charge on any atom is -0.441 e. The normalized spacial score (nSPS) is 19.3. The van der Waals surface area contributed by atoms with Crippen LogP contribution in [-0.2, 0) is 32.3 Å². The Bertz CT molecular complexity index is 1110. The second-order valence-corrected chi connectivity index (χ2v) is 8.33. The van der Waals surface area contributed by atoms with E-state index in [4.69, 9.17) is 19.9 Å². The fourth-order valence-corrected chi connectivity index (χ4v) is 3.51. The van der Waals surface area contributed by atoms with Crippen LogP contribution >= 0.6 is 0 Å². The number of ether oxygens (including phenoxy) is 3. The number of nitrogens with one attached hydrogen (secondary N) is 1. The molecule has 3 aromatic rings. The Kier molecular flexibility index (Phi) is 6.88. The molecule has 0 unspecified atom stereocenters. The first-order chi connectivity index (χ1) is 15.9. The van der Waals surface area contributed by atoms with E-state index in [1.165, 1.54) is 4.68 Å². The van der Waals surface area contributed by atoms with Gasteiger partial charge in [-0.15, -0.1) is 0 Å². The van der Waals surface area contributed by atoms with Crippen LogP contribution in [-0.4, -0.2) is 61.3 Å². The van der Waals surface area contributed by atoms with Crippen LogP contribution in [0.5, 0.6) is 0 Å². The number of esters is 1. The molecular weight excluding hydrogens is 430 g/mol. The Labute approximate surface area is 190 Å². The molecule has 12 heteroatoms. The Balaban J connectivity index is 1.61. The summed E-state index contributed by atoms with van der Waals surface area (Å²) in [4.78, 5) is 16.7. The van der Waals surface area contributed by atoms with Crippen molar-refractivity contribution in [3.8, 4) is 0 Å². The molecule has 4 heterocycles. The van der Waals surface area contributed by atoms with Crippen LogP contribution in [0.4, 0.5) is 11.6 Å². The van der Waals surface area contributed by atoms with Crippen molar-refractivity contribution in [3.05, 3.63) is 35.9 Å². The molecule has 3 aromatic heterocycles. The van der Waals surface area contributed by atoms with Gasteiger partial charge >= 0.3 is 5.97 Å². The fraction of sp³-hybridized carbons (Fsp3) is 0.524. The maximum atomic E-state index is 12.3. The van der Waals surface area contributed by atoms with Crippen molar-refractivity contribution in [1.82, 2.24) is 24.4 Å². The molecular formula is C21H29N7O5. The van der Waals surface area contributed by atoms with Gasteiger partial charge in [0.25, 0.3) is 0 Å². The van der Waals surface area contributed by atoms with Gasteiger partial charge in [0.2, 0.25) is 0 Å².